The number of carboxylic acids is 1. The Kier molecular flexibility index (Phi) is 4.31. The Hall–Kier alpha value is -4.06. The third-order valence-corrected chi connectivity index (χ3v) is 4.98. The van der Waals surface area contributed by atoms with Crippen LogP contribution in [-0.2, 0) is 0 Å². The second-order valence-corrected chi connectivity index (χ2v) is 6.58. The second-order valence-electron chi connectivity index (χ2n) is 6.58. The molecule has 0 heterocycles. The van der Waals surface area contributed by atoms with Gasteiger partial charge in [-0.15, -0.1) is 0 Å². The molecule has 0 aromatic heterocycles. The van der Waals surface area contributed by atoms with Gasteiger partial charge in [-0.3, -0.25) is 14.4 Å². The molecule has 6 heteroatoms. The number of nitrogens with one attached hydrogen (secondary N) is 1. The molecule has 1 aliphatic carbocycles. The molecule has 1 aliphatic rings. The molecular formula is C23H15NO5. The van der Waals surface area contributed by atoms with Gasteiger partial charge in [-0.2, -0.15) is 0 Å². The number of carbonyl (C=O) groups is 4. The molecule has 0 fully saturated rings. The van der Waals surface area contributed by atoms with Crippen molar-refractivity contribution >= 4 is 29.0 Å². The monoisotopic (exact) mass is 385 g/mol. The van der Waals surface area contributed by atoms with Gasteiger partial charge in [0.2, 0.25) is 0 Å². The van der Waals surface area contributed by atoms with E-state index in [9.17, 15) is 19.2 Å². The molecule has 6 nitrogen and oxygen atoms in total. The zero-order valence-corrected chi connectivity index (χ0v) is 15.4. The Bertz CT molecular complexity index is 1210. The molecule has 29 heavy (non-hydrogen) atoms. The van der Waals surface area contributed by atoms with Crippen LogP contribution in [0.3, 0.4) is 0 Å². The van der Waals surface area contributed by atoms with Crippen LogP contribution in [0.1, 0.15) is 58.1 Å². The van der Waals surface area contributed by atoms with Gasteiger partial charge in [0.1, 0.15) is 0 Å². The maximum absolute atomic E-state index is 13.1. The van der Waals surface area contributed by atoms with E-state index in [0.717, 1.165) is 0 Å². The summed E-state index contributed by atoms with van der Waals surface area (Å²) in [7, 11) is 1.58. The molecule has 0 atom stereocenters. The summed E-state index contributed by atoms with van der Waals surface area (Å²) >= 11 is 0. The van der Waals surface area contributed by atoms with Crippen molar-refractivity contribution in [2.45, 2.75) is 0 Å². The molecule has 0 amide bonds. The van der Waals surface area contributed by atoms with Crippen molar-refractivity contribution < 1.29 is 24.3 Å². The predicted molar refractivity (Wildman–Crippen MR) is 106 cm³/mol. The fourth-order valence-electron chi connectivity index (χ4n) is 3.56. The highest BCUT2D eigenvalue weighted by Crippen LogP contribution is 2.35. The lowest BCUT2D eigenvalue weighted by molar-refractivity contribution is 0.0696. The number of carbonyl (C=O) groups excluding carboxylic acids is 3. The normalized spacial score (nSPS) is 12.2. The van der Waals surface area contributed by atoms with Crippen LogP contribution in [-0.4, -0.2) is 35.5 Å². The average molecular weight is 385 g/mol. The molecule has 3 aromatic rings. The highest BCUT2D eigenvalue weighted by atomic mass is 16.4. The SMILES string of the molecule is CNc1c(C(=O)c2ccc(C(=O)O)cc2)ccc2c1C(=O)c1ccccc1C2=O. The van der Waals surface area contributed by atoms with Crippen LogP contribution in [0.2, 0.25) is 0 Å². The van der Waals surface area contributed by atoms with E-state index in [1.54, 1.807) is 31.3 Å². The zero-order valence-electron chi connectivity index (χ0n) is 15.4. The van der Waals surface area contributed by atoms with Gasteiger partial charge in [0.25, 0.3) is 0 Å². The number of ketones is 3. The van der Waals surface area contributed by atoms with E-state index < -0.39 is 5.97 Å². The van der Waals surface area contributed by atoms with E-state index in [2.05, 4.69) is 5.32 Å². The van der Waals surface area contributed by atoms with E-state index in [-0.39, 0.29) is 50.9 Å². The highest BCUT2D eigenvalue weighted by molar-refractivity contribution is 6.31. The maximum atomic E-state index is 13.1. The topological polar surface area (TPSA) is 101 Å². The predicted octanol–water partition coefficient (Wildman–Crippen LogP) is 3.43. The summed E-state index contributed by atoms with van der Waals surface area (Å²) in [4.78, 5) is 50.0. The third-order valence-electron chi connectivity index (χ3n) is 4.98. The van der Waals surface area contributed by atoms with E-state index in [4.69, 9.17) is 5.11 Å². The van der Waals surface area contributed by atoms with E-state index in [1.165, 1.54) is 36.4 Å². The van der Waals surface area contributed by atoms with Crippen molar-refractivity contribution in [3.8, 4) is 0 Å². The molecule has 2 N–H and O–H groups in total. The van der Waals surface area contributed by atoms with Gasteiger partial charge in [0, 0.05) is 34.9 Å². The van der Waals surface area contributed by atoms with Crippen molar-refractivity contribution in [3.05, 3.63) is 99.6 Å². The molecule has 0 saturated heterocycles. The highest BCUT2D eigenvalue weighted by Gasteiger charge is 2.33. The molecule has 0 unspecified atom stereocenters. The first-order valence-corrected chi connectivity index (χ1v) is 8.85. The van der Waals surface area contributed by atoms with E-state index in [1.807, 2.05) is 0 Å². The first-order valence-electron chi connectivity index (χ1n) is 8.85. The van der Waals surface area contributed by atoms with Gasteiger partial charge in [-0.25, -0.2) is 4.79 Å². The van der Waals surface area contributed by atoms with E-state index in [0.29, 0.717) is 11.1 Å². The minimum absolute atomic E-state index is 0.0678. The lowest BCUT2D eigenvalue weighted by Gasteiger charge is -2.22. The summed E-state index contributed by atoms with van der Waals surface area (Å²) in [5, 5.41) is 11.9. The summed E-state index contributed by atoms with van der Waals surface area (Å²) < 4.78 is 0. The molecule has 0 saturated carbocycles. The molecule has 3 aromatic carbocycles. The quantitative estimate of drug-likeness (QED) is 0.522. The van der Waals surface area contributed by atoms with Crippen molar-refractivity contribution in [2.24, 2.45) is 0 Å². The summed E-state index contributed by atoms with van der Waals surface area (Å²) in [6.45, 7) is 0. The van der Waals surface area contributed by atoms with Crippen molar-refractivity contribution in [2.75, 3.05) is 12.4 Å². The summed E-state index contributed by atoms with van der Waals surface area (Å²) in [5.74, 6) is -2.06. The van der Waals surface area contributed by atoms with Crippen LogP contribution in [0.15, 0.2) is 60.7 Å². The summed E-state index contributed by atoms with van der Waals surface area (Å²) in [6, 6.07) is 15.1. The largest absolute Gasteiger partial charge is 0.478 e. The first-order chi connectivity index (χ1) is 13.9. The molecular weight excluding hydrogens is 370 g/mol. The minimum atomic E-state index is -1.09. The number of anilines is 1. The first kappa shape index (κ1) is 18.3. The number of carboxylic acid groups (broad SMARTS) is 1. The van der Waals surface area contributed by atoms with Gasteiger partial charge in [-0.05, 0) is 24.3 Å². The van der Waals surface area contributed by atoms with Gasteiger partial charge in [0.15, 0.2) is 17.3 Å². The summed E-state index contributed by atoms with van der Waals surface area (Å²) in [5.41, 5.74) is 1.92. The zero-order chi connectivity index (χ0) is 20.7. The minimum Gasteiger partial charge on any atom is -0.478 e. The number of rotatable bonds is 4. The van der Waals surface area contributed by atoms with Gasteiger partial charge >= 0.3 is 5.97 Å². The maximum Gasteiger partial charge on any atom is 0.335 e. The molecule has 0 bridgehead atoms. The molecule has 142 valence electrons. The number of hydrogen-bond donors (Lipinski definition) is 2. The Balaban J connectivity index is 1.85. The average Bonchev–Trinajstić information content (AvgIpc) is 2.76. The van der Waals surface area contributed by atoms with Gasteiger partial charge in [-0.1, -0.05) is 36.4 Å². The molecule has 0 aliphatic heterocycles. The Morgan fingerprint density at radius 2 is 1.34 bits per heavy atom. The smallest absolute Gasteiger partial charge is 0.335 e. The van der Waals surface area contributed by atoms with Gasteiger partial charge < -0.3 is 10.4 Å². The summed E-state index contributed by atoms with van der Waals surface area (Å²) in [6.07, 6.45) is 0. The number of benzene rings is 3. The van der Waals surface area contributed by atoms with Crippen LogP contribution in [0.5, 0.6) is 0 Å². The second kappa shape index (κ2) is 6.83. The van der Waals surface area contributed by atoms with E-state index >= 15 is 0 Å². The molecule has 0 spiro atoms. The van der Waals surface area contributed by atoms with Crippen molar-refractivity contribution in [1.29, 1.82) is 0 Å². The van der Waals surface area contributed by atoms with Crippen LogP contribution in [0.4, 0.5) is 5.69 Å². The van der Waals surface area contributed by atoms with Crippen molar-refractivity contribution in [3.63, 3.8) is 0 Å². The Labute approximate surface area is 165 Å². The number of hydrogen-bond acceptors (Lipinski definition) is 5. The van der Waals surface area contributed by atoms with Gasteiger partial charge in [0.05, 0.1) is 16.8 Å². The van der Waals surface area contributed by atoms with Crippen LogP contribution in [0.25, 0.3) is 0 Å². The lowest BCUT2D eigenvalue weighted by Crippen LogP contribution is -2.23. The fourth-order valence-corrected chi connectivity index (χ4v) is 3.56. The molecule has 4 rings (SSSR count). The molecule has 0 radical (unpaired) electrons. The number of fused-ring (bicyclic) bond motifs is 2. The third kappa shape index (κ3) is 2.82. The van der Waals surface area contributed by atoms with Crippen LogP contribution >= 0.6 is 0 Å². The Morgan fingerprint density at radius 1 is 0.759 bits per heavy atom. The van der Waals surface area contributed by atoms with Crippen molar-refractivity contribution in [1.82, 2.24) is 0 Å². The van der Waals surface area contributed by atoms with Crippen LogP contribution in [0, 0.1) is 0 Å². The Morgan fingerprint density at radius 3 is 1.93 bits per heavy atom. The van der Waals surface area contributed by atoms with Crippen LogP contribution < -0.4 is 5.32 Å². The lowest BCUT2D eigenvalue weighted by atomic mass is 9.81. The standard InChI is InChI=1S/C23H15NO5/c1-24-19-17(20(25)12-6-8-13(9-7-12)23(28)29)11-10-16-18(19)22(27)15-5-3-2-4-14(15)21(16)26/h2-11,24H,1H3,(H,28,29). The number of aromatic carboxylic acids is 1. The fraction of sp³-hybridized carbons (Fsp3) is 0.0435.